The lowest BCUT2D eigenvalue weighted by molar-refractivity contribution is -0.122. The van der Waals surface area contributed by atoms with Crippen LogP contribution in [-0.4, -0.2) is 22.8 Å². The Morgan fingerprint density at radius 2 is 2.04 bits per heavy atom. The Morgan fingerprint density at radius 3 is 2.70 bits per heavy atom. The average Bonchev–Trinajstić information content (AvgIpc) is 2.53. The van der Waals surface area contributed by atoms with Gasteiger partial charge in [-0.3, -0.25) is 14.6 Å². The lowest BCUT2D eigenvalue weighted by Crippen LogP contribution is -2.44. The monoisotopic (exact) mass is 351 g/mol. The van der Waals surface area contributed by atoms with Crippen LogP contribution in [0.1, 0.15) is 22.8 Å². The molecule has 0 aliphatic carbocycles. The Balaban J connectivity index is 1.91. The van der Waals surface area contributed by atoms with E-state index in [0.717, 1.165) is 5.56 Å². The highest BCUT2D eigenvalue weighted by Crippen LogP contribution is 2.20. The van der Waals surface area contributed by atoms with Gasteiger partial charge < -0.3 is 10.6 Å². The molecule has 1 atom stereocenters. The summed E-state index contributed by atoms with van der Waals surface area (Å²) in [5, 5.41) is 6.00. The first-order valence-electron chi connectivity index (χ1n) is 6.90. The van der Waals surface area contributed by atoms with Crippen molar-refractivity contribution in [2.24, 2.45) is 0 Å². The fourth-order valence-corrected chi connectivity index (χ4v) is 2.35. The number of hydrogen-bond donors (Lipinski definition) is 2. The van der Waals surface area contributed by atoms with Gasteiger partial charge in [-0.25, -0.2) is 0 Å². The number of carbonyl (C=O) groups is 2. The van der Waals surface area contributed by atoms with Crippen molar-refractivity contribution in [3.8, 4) is 0 Å². The van der Waals surface area contributed by atoms with Crippen LogP contribution in [0.3, 0.4) is 0 Å². The maximum absolute atomic E-state index is 12.1. The van der Waals surface area contributed by atoms with E-state index in [1.165, 1.54) is 12.1 Å². The number of halogens is 2. The molecule has 0 radical (unpaired) electrons. The van der Waals surface area contributed by atoms with Crippen LogP contribution in [0.25, 0.3) is 0 Å². The molecule has 7 heteroatoms. The summed E-state index contributed by atoms with van der Waals surface area (Å²) in [5.74, 6) is -0.733. The van der Waals surface area contributed by atoms with Crippen molar-refractivity contribution in [3.05, 3.63) is 63.9 Å². The first-order valence-corrected chi connectivity index (χ1v) is 7.65. The molecule has 5 nitrogen and oxygen atoms in total. The van der Waals surface area contributed by atoms with E-state index >= 15 is 0 Å². The predicted octanol–water partition coefficient (Wildman–Crippen LogP) is 2.82. The summed E-state index contributed by atoms with van der Waals surface area (Å²) in [7, 11) is 0. The highest BCUT2D eigenvalue weighted by molar-refractivity contribution is 6.36. The van der Waals surface area contributed by atoms with Crippen molar-refractivity contribution in [3.63, 3.8) is 0 Å². The largest absolute Gasteiger partial charge is 0.350 e. The summed E-state index contributed by atoms with van der Waals surface area (Å²) >= 11 is 11.8. The molecule has 0 aliphatic rings. The number of amides is 2. The zero-order valence-electron chi connectivity index (χ0n) is 12.3. The van der Waals surface area contributed by atoms with Crippen LogP contribution < -0.4 is 10.6 Å². The van der Waals surface area contributed by atoms with Gasteiger partial charge in [-0.05, 0) is 36.8 Å². The van der Waals surface area contributed by atoms with Crippen LogP contribution in [0, 0.1) is 0 Å². The first kappa shape index (κ1) is 17.2. The van der Waals surface area contributed by atoms with Crippen molar-refractivity contribution in [1.82, 2.24) is 15.6 Å². The van der Waals surface area contributed by atoms with Gasteiger partial charge in [0.15, 0.2) is 0 Å². The number of carbonyl (C=O) groups excluding carboxylic acids is 2. The molecule has 2 N–H and O–H groups in total. The molecule has 120 valence electrons. The van der Waals surface area contributed by atoms with Gasteiger partial charge >= 0.3 is 0 Å². The van der Waals surface area contributed by atoms with E-state index in [0.29, 0.717) is 11.6 Å². The van der Waals surface area contributed by atoms with Gasteiger partial charge in [-0.2, -0.15) is 0 Å². The second-order valence-electron chi connectivity index (χ2n) is 4.90. The molecule has 0 saturated heterocycles. The number of hydrogen-bond acceptors (Lipinski definition) is 3. The molecule has 2 rings (SSSR count). The molecule has 0 aliphatic heterocycles. The van der Waals surface area contributed by atoms with Crippen LogP contribution in [0.5, 0.6) is 0 Å². The number of pyridine rings is 1. The number of aromatic nitrogens is 1. The van der Waals surface area contributed by atoms with E-state index in [2.05, 4.69) is 15.6 Å². The minimum atomic E-state index is -0.703. The lowest BCUT2D eigenvalue weighted by atomic mass is 10.2. The SMILES string of the molecule is C[C@@H](NC(=O)c1ccc(Cl)cc1Cl)C(=O)NCc1cccnc1. The van der Waals surface area contributed by atoms with Crippen LogP contribution in [0.4, 0.5) is 0 Å². The topological polar surface area (TPSA) is 71.1 Å². The summed E-state index contributed by atoms with van der Waals surface area (Å²) in [5.41, 5.74) is 1.14. The van der Waals surface area contributed by atoms with Crippen LogP contribution >= 0.6 is 23.2 Å². The van der Waals surface area contributed by atoms with Gasteiger partial charge in [0, 0.05) is 24.0 Å². The summed E-state index contributed by atoms with van der Waals surface area (Å²) in [6.07, 6.45) is 3.32. The molecule has 1 aromatic heterocycles. The van der Waals surface area contributed by atoms with E-state index in [9.17, 15) is 9.59 Å². The minimum absolute atomic E-state index is 0.234. The Bertz CT molecular complexity index is 708. The third-order valence-electron chi connectivity index (χ3n) is 3.11. The van der Waals surface area contributed by atoms with E-state index < -0.39 is 11.9 Å². The van der Waals surface area contributed by atoms with Gasteiger partial charge in [0.1, 0.15) is 6.04 Å². The van der Waals surface area contributed by atoms with Gasteiger partial charge in [0.2, 0.25) is 5.91 Å². The standard InChI is InChI=1S/C16H15Cl2N3O2/c1-10(15(22)20-9-11-3-2-6-19-8-11)21-16(23)13-5-4-12(17)7-14(13)18/h2-8,10H,9H2,1H3,(H,20,22)(H,21,23)/t10-/m1/s1. The fraction of sp³-hybridized carbons (Fsp3) is 0.188. The van der Waals surface area contributed by atoms with E-state index in [1.54, 1.807) is 31.5 Å². The minimum Gasteiger partial charge on any atom is -0.350 e. The molecule has 2 aromatic rings. The summed E-state index contributed by atoms with van der Waals surface area (Å²) < 4.78 is 0. The molecule has 0 fully saturated rings. The summed E-state index contributed by atoms with van der Waals surface area (Å²) in [6, 6.07) is 7.49. The third-order valence-corrected chi connectivity index (χ3v) is 3.65. The Morgan fingerprint density at radius 1 is 1.26 bits per heavy atom. The molecule has 0 bridgehead atoms. The van der Waals surface area contributed by atoms with E-state index in [4.69, 9.17) is 23.2 Å². The number of nitrogens with zero attached hydrogens (tertiary/aromatic N) is 1. The molecule has 23 heavy (non-hydrogen) atoms. The predicted molar refractivity (Wildman–Crippen MR) is 89.5 cm³/mol. The van der Waals surface area contributed by atoms with Crippen molar-refractivity contribution in [1.29, 1.82) is 0 Å². The molecular formula is C16H15Cl2N3O2. The number of rotatable bonds is 5. The van der Waals surface area contributed by atoms with Gasteiger partial charge in [-0.15, -0.1) is 0 Å². The van der Waals surface area contributed by atoms with E-state index in [1.807, 2.05) is 6.07 Å². The Hall–Kier alpha value is -2.11. The maximum atomic E-state index is 12.1. The van der Waals surface area contributed by atoms with Crippen molar-refractivity contribution in [2.45, 2.75) is 19.5 Å². The van der Waals surface area contributed by atoms with E-state index in [-0.39, 0.29) is 16.5 Å². The number of nitrogens with one attached hydrogen (secondary N) is 2. The van der Waals surface area contributed by atoms with Gasteiger partial charge in [0.25, 0.3) is 5.91 Å². The van der Waals surface area contributed by atoms with Gasteiger partial charge in [0.05, 0.1) is 10.6 Å². The molecule has 0 saturated carbocycles. The van der Waals surface area contributed by atoms with Crippen molar-refractivity contribution < 1.29 is 9.59 Å². The molecule has 1 aromatic carbocycles. The normalized spacial score (nSPS) is 11.6. The molecule has 2 amide bonds. The second-order valence-corrected chi connectivity index (χ2v) is 5.74. The number of benzene rings is 1. The second kappa shape index (κ2) is 7.94. The van der Waals surface area contributed by atoms with Crippen LogP contribution in [0.15, 0.2) is 42.7 Å². The average molecular weight is 352 g/mol. The third kappa shape index (κ3) is 4.94. The maximum Gasteiger partial charge on any atom is 0.253 e. The lowest BCUT2D eigenvalue weighted by Gasteiger charge is -2.14. The quantitative estimate of drug-likeness (QED) is 0.869. The molecule has 0 spiro atoms. The Labute approximate surface area is 144 Å². The molecular weight excluding hydrogens is 337 g/mol. The Kier molecular flexibility index (Phi) is 5.96. The summed E-state index contributed by atoms with van der Waals surface area (Å²) in [4.78, 5) is 28.1. The van der Waals surface area contributed by atoms with Gasteiger partial charge in [-0.1, -0.05) is 29.3 Å². The molecule has 1 heterocycles. The zero-order chi connectivity index (χ0) is 16.8. The highest BCUT2D eigenvalue weighted by atomic mass is 35.5. The smallest absolute Gasteiger partial charge is 0.253 e. The fourth-order valence-electron chi connectivity index (χ4n) is 1.86. The van der Waals surface area contributed by atoms with Crippen LogP contribution in [0.2, 0.25) is 10.0 Å². The zero-order valence-corrected chi connectivity index (χ0v) is 13.9. The van der Waals surface area contributed by atoms with Crippen molar-refractivity contribution in [2.75, 3.05) is 0 Å². The first-order chi connectivity index (χ1) is 11.0. The summed E-state index contributed by atoms with van der Waals surface area (Å²) in [6.45, 7) is 1.94. The van der Waals surface area contributed by atoms with Crippen molar-refractivity contribution >= 4 is 35.0 Å². The van der Waals surface area contributed by atoms with Crippen LogP contribution in [-0.2, 0) is 11.3 Å². The molecule has 0 unspecified atom stereocenters. The highest BCUT2D eigenvalue weighted by Gasteiger charge is 2.18.